The second-order valence-electron chi connectivity index (χ2n) is 9.88. The van der Waals surface area contributed by atoms with Gasteiger partial charge in [0.15, 0.2) is 6.17 Å². The summed E-state index contributed by atoms with van der Waals surface area (Å²) in [7, 11) is 0. The Kier molecular flexibility index (Phi) is 8.59. The van der Waals surface area contributed by atoms with Crippen LogP contribution in [-0.2, 0) is 22.7 Å². The van der Waals surface area contributed by atoms with Crippen molar-refractivity contribution in [1.29, 1.82) is 0 Å². The molecule has 2 aromatic carbocycles. The second-order valence-corrected chi connectivity index (χ2v) is 9.88. The zero-order valence-electron chi connectivity index (χ0n) is 21.0. The molecule has 1 unspecified atom stereocenters. The highest BCUT2D eigenvalue weighted by atomic mass is 16.2. The number of nitrogens with two attached hydrogens (primary N) is 1. The number of hydrogen-bond donors (Lipinski definition) is 3. The SMILES string of the molecule is Cc1cccc(NC(=O)N2CCN(C(=O)CCC3CCCC3)C2C(=O)NCc2cccc(CN)c2)c1. The van der Waals surface area contributed by atoms with Crippen molar-refractivity contribution in [2.24, 2.45) is 11.7 Å². The van der Waals surface area contributed by atoms with E-state index >= 15 is 0 Å². The lowest BCUT2D eigenvalue weighted by Crippen LogP contribution is -2.54. The van der Waals surface area contributed by atoms with Crippen molar-refractivity contribution in [3.05, 3.63) is 65.2 Å². The molecule has 0 spiro atoms. The molecule has 1 saturated heterocycles. The smallest absolute Gasteiger partial charge is 0.323 e. The Labute approximate surface area is 213 Å². The fourth-order valence-corrected chi connectivity index (χ4v) is 5.22. The Morgan fingerprint density at radius 3 is 2.44 bits per heavy atom. The number of nitrogens with one attached hydrogen (secondary N) is 2. The van der Waals surface area contributed by atoms with Crippen molar-refractivity contribution in [3.63, 3.8) is 0 Å². The number of nitrogens with zero attached hydrogens (tertiary/aromatic N) is 2. The first-order valence-corrected chi connectivity index (χ1v) is 12.9. The van der Waals surface area contributed by atoms with Crippen LogP contribution in [0, 0.1) is 12.8 Å². The van der Waals surface area contributed by atoms with Crippen LogP contribution in [0.25, 0.3) is 0 Å². The molecule has 0 aromatic heterocycles. The number of benzene rings is 2. The third-order valence-corrected chi connectivity index (χ3v) is 7.19. The van der Waals surface area contributed by atoms with Crippen molar-refractivity contribution >= 4 is 23.5 Å². The number of anilines is 1. The van der Waals surface area contributed by atoms with Crippen LogP contribution in [0.3, 0.4) is 0 Å². The van der Waals surface area contributed by atoms with Gasteiger partial charge in [-0.05, 0) is 48.1 Å². The normalized spacial score (nSPS) is 17.9. The summed E-state index contributed by atoms with van der Waals surface area (Å²) in [6.07, 6.45) is 5.06. The van der Waals surface area contributed by atoms with E-state index in [9.17, 15) is 14.4 Å². The van der Waals surface area contributed by atoms with Gasteiger partial charge < -0.3 is 21.3 Å². The molecule has 2 fully saturated rings. The van der Waals surface area contributed by atoms with E-state index in [1.165, 1.54) is 30.6 Å². The third kappa shape index (κ3) is 6.43. The summed E-state index contributed by atoms with van der Waals surface area (Å²) >= 11 is 0. The van der Waals surface area contributed by atoms with Crippen LogP contribution < -0.4 is 16.4 Å². The maximum atomic E-state index is 13.4. The monoisotopic (exact) mass is 491 g/mol. The van der Waals surface area contributed by atoms with Gasteiger partial charge in [0, 0.05) is 38.3 Å². The van der Waals surface area contributed by atoms with Crippen LogP contribution >= 0.6 is 0 Å². The number of carbonyl (C=O) groups is 3. The van der Waals surface area contributed by atoms with Crippen LogP contribution in [0.2, 0.25) is 0 Å². The Balaban J connectivity index is 1.47. The molecule has 1 aliphatic carbocycles. The summed E-state index contributed by atoms with van der Waals surface area (Å²) in [5.74, 6) is 0.150. The van der Waals surface area contributed by atoms with E-state index in [0.29, 0.717) is 44.2 Å². The first-order chi connectivity index (χ1) is 17.4. The highest BCUT2D eigenvalue weighted by molar-refractivity contribution is 5.96. The summed E-state index contributed by atoms with van der Waals surface area (Å²) in [4.78, 5) is 42.9. The average Bonchev–Trinajstić information content (AvgIpc) is 3.56. The first kappa shape index (κ1) is 25.7. The van der Waals surface area contributed by atoms with E-state index in [1.807, 2.05) is 55.5 Å². The molecule has 8 heteroatoms. The number of carbonyl (C=O) groups excluding carboxylic acids is 3. The lowest BCUT2D eigenvalue weighted by atomic mass is 10.0. The molecule has 36 heavy (non-hydrogen) atoms. The van der Waals surface area contributed by atoms with Gasteiger partial charge in [-0.25, -0.2) is 4.79 Å². The topological polar surface area (TPSA) is 108 Å². The van der Waals surface area contributed by atoms with E-state index in [2.05, 4.69) is 10.6 Å². The highest BCUT2D eigenvalue weighted by Crippen LogP contribution is 2.29. The Morgan fingerprint density at radius 1 is 0.972 bits per heavy atom. The van der Waals surface area contributed by atoms with Gasteiger partial charge in [0.25, 0.3) is 5.91 Å². The molecule has 4 N–H and O–H groups in total. The molecule has 2 aromatic rings. The molecule has 2 aliphatic rings. The standard InChI is InChI=1S/C28H37N5O3/c1-20-6-4-11-24(16-20)31-28(36)33-15-14-32(25(34)13-12-21-7-2-3-8-21)27(33)26(35)30-19-23-10-5-9-22(17-23)18-29/h4-6,9-11,16-17,21,27H,2-3,7-8,12-15,18-19,29H2,1H3,(H,30,35)(H,31,36). The Morgan fingerprint density at radius 2 is 1.69 bits per heavy atom. The predicted octanol–water partition coefficient (Wildman–Crippen LogP) is 3.74. The summed E-state index contributed by atoms with van der Waals surface area (Å²) < 4.78 is 0. The van der Waals surface area contributed by atoms with Crippen LogP contribution in [-0.4, -0.2) is 46.9 Å². The van der Waals surface area contributed by atoms with Crippen LogP contribution in [0.15, 0.2) is 48.5 Å². The molecule has 0 radical (unpaired) electrons. The largest absolute Gasteiger partial charge is 0.349 e. The Bertz CT molecular complexity index is 1080. The predicted molar refractivity (Wildman–Crippen MR) is 140 cm³/mol. The maximum Gasteiger partial charge on any atom is 0.323 e. The molecular weight excluding hydrogens is 454 g/mol. The van der Waals surface area contributed by atoms with Gasteiger partial charge in [-0.1, -0.05) is 62.1 Å². The summed E-state index contributed by atoms with van der Waals surface area (Å²) in [5, 5.41) is 5.83. The third-order valence-electron chi connectivity index (χ3n) is 7.19. The molecule has 4 rings (SSSR count). The second kappa shape index (κ2) is 12.0. The van der Waals surface area contributed by atoms with Gasteiger partial charge in [0.1, 0.15) is 0 Å². The van der Waals surface area contributed by atoms with Crippen molar-refractivity contribution in [3.8, 4) is 0 Å². The van der Waals surface area contributed by atoms with E-state index in [-0.39, 0.29) is 11.8 Å². The number of amides is 4. The fraction of sp³-hybridized carbons (Fsp3) is 0.464. The molecule has 1 heterocycles. The molecule has 0 bridgehead atoms. The Hall–Kier alpha value is -3.39. The number of rotatable bonds is 8. The van der Waals surface area contributed by atoms with Crippen molar-refractivity contribution < 1.29 is 14.4 Å². The molecular formula is C28H37N5O3. The minimum absolute atomic E-state index is 0.0713. The van der Waals surface area contributed by atoms with Crippen molar-refractivity contribution in [1.82, 2.24) is 15.1 Å². The van der Waals surface area contributed by atoms with E-state index in [4.69, 9.17) is 5.73 Å². The highest BCUT2D eigenvalue weighted by Gasteiger charge is 2.42. The molecule has 1 aliphatic heterocycles. The average molecular weight is 492 g/mol. The lowest BCUT2D eigenvalue weighted by Gasteiger charge is -2.29. The van der Waals surface area contributed by atoms with Crippen LogP contribution in [0.4, 0.5) is 10.5 Å². The van der Waals surface area contributed by atoms with Crippen molar-refractivity contribution in [2.45, 2.75) is 64.7 Å². The minimum atomic E-state index is -0.983. The maximum absolute atomic E-state index is 13.4. The first-order valence-electron chi connectivity index (χ1n) is 12.9. The zero-order chi connectivity index (χ0) is 25.5. The molecule has 8 nitrogen and oxygen atoms in total. The minimum Gasteiger partial charge on any atom is -0.349 e. The summed E-state index contributed by atoms with van der Waals surface area (Å²) in [6, 6.07) is 14.8. The molecule has 4 amide bonds. The van der Waals surface area contributed by atoms with Gasteiger partial charge in [-0.3, -0.25) is 14.5 Å². The van der Waals surface area contributed by atoms with Gasteiger partial charge in [-0.2, -0.15) is 0 Å². The molecule has 192 valence electrons. The van der Waals surface area contributed by atoms with Gasteiger partial charge in [0.2, 0.25) is 5.91 Å². The quantitative estimate of drug-likeness (QED) is 0.523. The van der Waals surface area contributed by atoms with E-state index < -0.39 is 12.2 Å². The van der Waals surface area contributed by atoms with Crippen molar-refractivity contribution in [2.75, 3.05) is 18.4 Å². The summed E-state index contributed by atoms with van der Waals surface area (Å²) in [5.41, 5.74) is 9.31. The molecule has 1 saturated carbocycles. The van der Waals surface area contributed by atoms with Crippen LogP contribution in [0.1, 0.15) is 55.2 Å². The van der Waals surface area contributed by atoms with Gasteiger partial charge in [0.05, 0.1) is 0 Å². The van der Waals surface area contributed by atoms with E-state index in [1.54, 1.807) is 4.90 Å². The van der Waals surface area contributed by atoms with E-state index in [0.717, 1.165) is 23.1 Å². The lowest BCUT2D eigenvalue weighted by molar-refractivity contribution is -0.141. The van der Waals surface area contributed by atoms with Gasteiger partial charge >= 0.3 is 6.03 Å². The van der Waals surface area contributed by atoms with Crippen LogP contribution in [0.5, 0.6) is 0 Å². The number of urea groups is 1. The number of aryl methyl sites for hydroxylation is 1. The molecule has 1 atom stereocenters. The zero-order valence-corrected chi connectivity index (χ0v) is 21.0. The fourth-order valence-electron chi connectivity index (χ4n) is 5.22. The van der Waals surface area contributed by atoms with Gasteiger partial charge in [-0.15, -0.1) is 0 Å². The number of hydrogen-bond acceptors (Lipinski definition) is 4. The summed E-state index contributed by atoms with van der Waals surface area (Å²) in [6.45, 7) is 3.30.